The molecule has 0 spiro atoms. The number of thioether (sulfide) groups is 3. The summed E-state index contributed by atoms with van der Waals surface area (Å²) in [6, 6.07) is 4.17. The number of nitrogens with two attached hydrogens (primary N) is 1. The fourth-order valence-corrected chi connectivity index (χ4v) is 7.59. The molecule has 1 fully saturated rings. The van der Waals surface area contributed by atoms with E-state index >= 15 is 0 Å². The monoisotopic (exact) mass is 563 g/mol. The van der Waals surface area contributed by atoms with E-state index in [9.17, 15) is 19.5 Å². The maximum absolute atomic E-state index is 12.8. The van der Waals surface area contributed by atoms with E-state index in [1.165, 1.54) is 51.5 Å². The van der Waals surface area contributed by atoms with Gasteiger partial charge in [-0.2, -0.15) is 0 Å². The van der Waals surface area contributed by atoms with Crippen LogP contribution in [0.5, 0.6) is 0 Å². The van der Waals surface area contributed by atoms with Crippen molar-refractivity contribution in [3.05, 3.63) is 39.5 Å². The molecule has 3 heterocycles. The molecule has 33 heavy (non-hydrogen) atoms. The minimum Gasteiger partial charge on any atom is -0.477 e. The number of halogens is 2. The summed E-state index contributed by atoms with van der Waals surface area (Å²) < 4.78 is 0.620. The van der Waals surface area contributed by atoms with Crippen molar-refractivity contribution in [1.82, 2.24) is 20.4 Å². The third-order valence-electron chi connectivity index (χ3n) is 4.61. The Bertz CT molecular complexity index is 1160. The van der Waals surface area contributed by atoms with E-state index in [1.54, 1.807) is 18.2 Å². The van der Waals surface area contributed by atoms with Crippen LogP contribution in [-0.2, 0) is 14.4 Å². The first-order valence-corrected chi connectivity index (χ1v) is 13.8. The molecule has 0 radical (unpaired) electrons. The van der Waals surface area contributed by atoms with Crippen molar-refractivity contribution >= 4 is 92.7 Å². The van der Waals surface area contributed by atoms with E-state index in [0.717, 1.165) is 0 Å². The highest BCUT2D eigenvalue weighted by molar-refractivity contribution is 8.02. The number of hydrogen-bond acceptors (Lipinski definition) is 10. The number of carboxylic acids is 1. The van der Waals surface area contributed by atoms with Gasteiger partial charge in [0.05, 0.1) is 10.8 Å². The normalized spacial score (nSPS) is 19.8. The largest absolute Gasteiger partial charge is 0.477 e. The SMILES string of the molecule is Nc1nnc(SCC2=C(C(=O)O)N3C(=O)C(NC(=O)CSc4cc(Cl)ccc4Cl)[C@@H]3SC2)s1. The van der Waals surface area contributed by atoms with Crippen molar-refractivity contribution in [2.75, 3.05) is 23.0 Å². The zero-order valence-corrected chi connectivity index (χ0v) is 21.3. The Balaban J connectivity index is 1.38. The third-order valence-corrected chi connectivity index (χ3v) is 9.65. The van der Waals surface area contributed by atoms with Crippen LogP contribution in [0, 0.1) is 0 Å². The summed E-state index contributed by atoms with van der Waals surface area (Å²) in [5.74, 6) is -1.20. The molecular formula is C18H15Cl2N5O4S4. The molecule has 15 heteroatoms. The van der Waals surface area contributed by atoms with E-state index in [0.29, 0.717) is 41.5 Å². The highest BCUT2D eigenvalue weighted by Crippen LogP contribution is 2.42. The summed E-state index contributed by atoms with van der Waals surface area (Å²) in [7, 11) is 0. The first-order chi connectivity index (χ1) is 15.7. The number of carbonyl (C=O) groups excluding carboxylic acids is 2. The van der Waals surface area contributed by atoms with Crippen molar-refractivity contribution in [1.29, 1.82) is 0 Å². The molecule has 2 amide bonds. The maximum atomic E-state index is 12.8. The van der Waals surface area contributed by atoms with Crippen molar-refractivity contribution in [3.8, 4) is 0 Å². The Morgan fingerprint density at radius 2 is 2.09 bits per heavy atom. The lowest BCUT2D eigenvalue weighted by atomic mass is 10.0. The van der Waals surface area contributed by atoms with Crippen molar-refractivity contribution < 1.29 is 19.5 Å². The molecule has 1 saturated heterocycles. The van der Waals surface area contributed by atoms with Crippen LogP contribution < -0.4 is 11.1 Å². The second-order valence-corrected chi connectivity index (χ2v) is 12.0. The van der Waals surface area contributed by atoms with Crippen LogP contribution in [0.25, 0.3) is 0 Å². The summed E-state index contributed by atoms with van der Waals surface area (Å²) in [4.78, 5) is 39.0. The Morgan fingerprint density at radius 3 is 2.79 bits per heavy atom. The van der Waals surface area contributed by atoms with Gasteiger partial charge in [-0.15, -0.1) is 33.7 Å². The van der Waals surface area contributed by atoms with E-state index in [4.69, 9.17) is 28.9 Å². The standard InChI is InChI=1S/C18H15Cl2N5O4S4/c19-8-1-2-9(20)10(3-8)30-6-11(26)22-12-14(27)25-13(16(28)29)7(4-31-15(12)25)5-32-18-24-23-17(21)33-18/h1-3,12,15H,4-6H2,(H2,21,23)(H,22,26)(H,28,29)/t12?,15-/m0/s1. The number of rotatable bonds is 8. The number of nitrogens with zero attached hydrogens (tertiary/aromatic N) is 3. The molecule has 174 valence electrons. The van der Waals surface area contributed by atoms with Crippen LogP contribution in [0.4, 0.5) is 5.13 Å². The fourth-order valence-electron chi connectivity index (χ4n) is 3.17. The summed E-state index contributed by atoms with van der Waals surface area (Å²) in [6.45, 7) is 0. The first kappa shape index (κ1) is 24.5. The smallest absolute Gasteiger partial charge is 0.352 e. The van der Waals surface area contributed by atoms with Crippen molar-refractivity contribution in [2.45, 2.75) is 20.7 Å². The second-order valence-electron chi connectivity index (χ2n) is 6.77. The van der Waals surface area contributed by atoms with Gasteiger partial charge in [-0.05, 0) is 23.8 Å². The molecule has 2 aliphatic rings. The van der Waals surface area contributed by atoms with Gasteiger partial charge in [0.25, 0.3) is 5.91 Å². The van der Waals surface area contributed by atoms with Crippen molar-refractivity contribution in [2.24, 2.45) is 0 Å². The number of nitrogens with one attached hydrogen (secondary N) is 1. The lowest BCUT2D eigenvalue weighted by Crippen LogP contribution is -2.70. The first-order valence-electron chi connectivity index (χ1n) is 9.23. The average molecular weight is 565 g/mol. The average Bonchev–Trinajstić information content (AvgIpc) is 3.20. The van der Waals surface area contributed by atoms with E-state index in [-0.39, 0.29) is 17.4 Å². The van der Waals surface area contributed by atoms with Crippen LogP contribution in [0.3, 0.4) is 0 Å². The number of β-lactam (4-membered cyclic amide) rings is 1. The Kier molecular flexibility index (Phi) is 7.66. The quantitative estimate of drug-likeness (QED) is 0.324. The van der Waals surface area contributed by atoms with E-state index < -0.39 is 23.3 Å². The highest BCUT2D eigenvalue weighted by Gasteiger charge is 2.54. The molecule has 1 aromatic carbocycles. The van der Waals surface area contributed by atoms with Crippen LogP contribution in [0.1, 0.15) is 0 Å². The lowest BCUT2D eigenvalue weighted by Gasteiger charge is -2.49. The number of carboxylic acid groups (broad SMARTS) is 1. The fraction of sp³-hybridized carbons (Fsp3) is 0.278. The molecule has 2 atom stereocenters. The molecule has 1 unspecified atom stereocenters. The maximum Gasteiger partial charge on any atom is 0.352 e. The summed E-state index contributed by atoms with van der Waals surface area (Å²) in [5.41, 5.74) is 6.14. The number of fused-ring (bicyclic) bond motifs is 1. The van der Waals surface area contributed by atoms with Crippen molar-refractivity contribution in [3.63, 3.8) is 0 Å². The van der Waals surface area contributed by atoms with E-state index in [2.05, 4.69) is 15.5 Å². The van der Waals surface area contributed by atoms with Gasteiger partial charge in [-0.3, -0.25) is 14.5 Å². The van der Waals surface area contributed by atoms with Crippen LogP contribution >= 0.6 is 69.8 Å². The summed E-state index contributed by atoms with van der Waals surface area (Å²) in [6.07, 6.45) is 0. The predicted molar refractivity (Wildman–Crippen MR) is 132 cm³/mol. The number of amides is 2. The molecular weight excluding hydrogens is 549 g/mol. The van der Waals surface area contributed by atoms with Gasteiger partial charge >= 0.3 is 5.97 Å². The van der Waals surface area contributed by atoms with Gasteiger partial charge in [-0.25, -0.2) is 4.79 Å². The molecule has 4 rings (SSSR count). The number of aliphatic carboxylic acids is 1. The zero-order valence-electron chi connectivity index (χ0n) is 16.5. The highest BCUT2D eigenvalue weighted by atomic mass is 35.5. The number of aromatic nitrogens is 2. The van der Waals surface area contributed by atoms with Crippen LogP contribution in [0.15, 0.2) is 38.7 Å². The molecule has 4 N–H and O–H groups in total. The zero-order chi connectivity index (χ0) is 23.7. The van der Waals surface area contributed by atoms with Gasteiger partial charge in [0.15, 0.2) is 4.34 Å². The van der Waals surface area contributed by atoms with Gasteiger partial charge < -0.3 is 16.2 Å². The van der Waals surface area contributed by atoms with E-state index in [1.807, 2.05) is 0 Å². The Labute approximate surface area is 214 Å². The summed E-state index contributed by atoms with van der Waals surface area (Å²) in [5, 5.41) is 20.9. The topological polar surface area (TPSA) is 139 Å². The number of nitrogen functional groups attached to an aromatic ring is 1. The molecule has 1 aromatic heterocycles. The molecule has 2 aromatic rings. The van der Waals surface area contributed by atoms with Gasteiger partial charge in [0.2, 0.25) is 11.0 Å². The van der Waals surface area contributed by atoms with Gasteiger partial charge in [0.1, 0.15) is 17.1 Å². The summed E-state index contributed by atoms with van der Waals surface area (Å²) >= 11 is 17.2. The lowest BCUT2D eigenvalue weighted by molar-refractivity contribution is -0.150. The molecule has 0 saturated carbocycles. The second kappa shape index (κ2) is 10.3. The number of hydrogen-bond donors (Lipinski definition) is 3. The van der Waals surface area contributed by atoms with Gasteiger partial charge in [0, 0.05) is 21.4 Å². The Morgan fingerprint density at radius 1 is 1.30 bits per heavy atom. The number of benzene rings is 1. The van der Waals surface area contributed by atoms with Gasteiger partial charge in [-0.1, -0.05) is 46.3 Å². The molecule has 0 aliphatic carbocycles. The van der Waals surface area contributed by atoms with Crippen LogP contribution in [0.2, 0.25) is 10.0 Å². The minimum atomic E-state index is -1.18. The molecule has 2 aliphatic heterocycles. The predicted octanol–water partition coefficient (Wildman–Crippen LogP) is 3.05. The number of anilines is 1. The molecule has 9 nitrogen and oxygen atoms in total. The Hall–Kier alpha value is -1.64. The van der Waals surface area contributed by atoms with Crippen LogP contribution in [-0.4, -0.2) is 66.7 Å². The minimum absolute atomic E-state index is 0.0374. The number of carbonyl (C=O) groups is 3. The molecule has 0 bridgehead atoms. The third kappa shape index (κ3) is 5.38.